The van der Waals surface area contributed by atoms with Gasteiger partial charge in [0, 0.05) is 32.7 Å². The Balaban J connectivity index is 1.45. The maximum absolute atomic E-state index is 12.3. The van der Waals surface area contributed by atoms with E-state index >= 15 is 0 Å². The van der Waals surface area contributed by atoms with Gasteiger partial charge in [0.25, 0.3) is 0 Å². The molecule has 2 aromatic carbocycles. The Bertz CT molecular complexity index is 682. The van der Waals surface area contributed by atoms with E-state index in [1.807, 2.05) is 42.3 Å². The summed E-state index contributed by atoms with van der Waals surface area (Å²) in [4.78, 5) is 16.3. The molecule has 0 radical (unpaired) electrons. The predicted octanol–water partition coefficient (Wildman–Crippen LogP) is 2.13. The van der Waals surface area contributed by atoms with Gasteiger partial charge < -0.3 is 15.0 Å². The fourth-order valence-corrected chi connectivity index (χ4v) is 3.04. The van der Waals surface area contributed by atoms with Gasteiger partial charge in [0.15, 0.2) is 0 Å². The van der Waals surface area contributed by atoms with Crippen LogP contribution in [0.2, 0.25) is 0 Å². The molecule has 0 spiro atoms. The lowest BCUT2D eigenvalue weighted by Gasteiger charge is -2.29. The zero-order chi connectivity index (χ0) is 18.2. The van der Waals surface area contributed by atoms with E-state index in [2.05, 4.69) is 34.5 Å². The number of ether oxygens (including phenoxy) is 1. The van der Waals surface area contributed by atoms with Crippen molar-refractivity contribution in [2.75, 3.05) is 39.8 Å². The summed E-state index contributed by atoms with van der Waals surface area (Å²) in [5.74, 6) is 1.06. The van der Waals surface area contributed by atoms with Crippen LogP contribution in [0.25, 0.3) is 0 Å². The van der Waals surface area contributed by atoms with Gasteiger partial charge in [-0.3, -0.25) is 9.69 Å². The van der Waals surface area contributed by atoms with Crippen molar-refractivity contribution in [1.82, 2.24) is 15.1 Å². The smallest absolute Gasteiger partial charge is 0.236 e. The molecule has 0 saturated carbocycles. The molecular formula is C21H27N3O2. The Morgan fingerprint density at radius 3 is 2.42 bits per heavy atom. The molecule has 1 amide bonds. The van der Waals surface area contributed by atoms with Crippen LogP contribution in [-0.4, -0.2) is 55.5 Å². The summed E-state index contributed by atoms with van der Waals surface area (Å²) in [5.41, 5.74) is 2.33. The molecule has 0 aliphatic carbocycles. The average molecular weight is 353 g/mol. The predicted molar refractivity (Wildman–Crippen MR) is 103 cm³/mol. The Hall–Kier alpha value is -2.37. The minimum Gasteiger partial charge on any atom is -0.489 e. The first-order chi connectivity index (χ1) is 12.7. The number of nitrogens with zero attached hydrogens (tertiary/aromatic N) is 2. The fourth-order valence-electron chi connectivity index (χ4n) is 3.04. The van der Waals surface area contributed by atoms with Crippen molar-refractivity contribution in [3.8, 4) is 5.75 Å². The van der Waals surface area contributed by atoms with Crippen LogP contribution in [0.15, 0.2) is 54.6 Å². The number of nitrogens with one attached hydrogen (secondary N) is 1. The third-order valence-electron chi connectivity index (χ3n) is 4.50. The minimum atomic E-state index is 0.205. The third-order valence-corrected chi connectivity index (χ3v) is 4.50. The van der Waals surface area contributed by atoms with Crippen LogP contribution >= 0.6 is 0 Å². The number of carbonyl (C=O) groups excluding carboxylic acids is 1. The van der Waals surface area contributed by atoms with Gasteiger partial charge in [-0.15, -0.1) is 0 Å². The molecule has 1 saturated heterocycles. The number of carbonyl (C=O) groups is 1. The Kier molecular flexibility index (Phi) is 6.63. The normalized spacial score (nSPS) is 14.5. The lowest BCUT2D eigenvalue weighted by atomic mass is 10.2. The standard InChI is InChI=1S/C21H27N3O2/c1-23(16-21(25)24-13-11-22-12-14-24)15-18-7-9-20(10-8-18)26-17-19-5-3-2-4-6-19/h2-10,22H,11-17H2,1H3. The summed E-state index contributed by atoms with van der Waals surface area (Å²) >= 11 is 0. The van der Waals surface area contributed by atoms with Gasteiger partial charge >= 0.3 is 0 Å². The van der Waals surface area contributed by atoms with Crippen molar-refractivity contribution in [1.29, 1.82) is 0 Å². The Morgan fingerprint density at radius 1 is 1.04 bits per heavy atom. The highest BCUT2D eigenvalue weighted by Gasteiger charge is 2.17. The highest BCUT2D eigenvalue weighted by molar-refractivity contribution is 5.78. The summed E-state index contributed by atoms with van der Waals surface area (Å²) in [7, 11) is 1.99. The molecule has 2 aromatic rings. The summed E-state index contributed by atoms with van der Waals surface area (Å²) < 4.78 is 5.82. The van der Waals surface area contributed by atoms with Crippen LogP contribution in [0.1, 0.15) is 11.1 Å². The van der Waals surface area contributed by atoms with Crippen molar-refractivity contribution in [3.05, 3.63) is 65.7 Å². The molecule has 3 rings (SSSR count). The molecule has 138 valence electrons. The van der Waals surface area contributed by atoms with Crippen LogP contribution < -0.4 is 10.1 Å². The number of rotatable bonds is 7. The van der Waals surface area contributed by atoms with Gasteiger partial charge in [0.2, 0.25) is 5.91 Å². The number of amides is 1. The molecule has 1 fully saturated rings. The van der Waals surface area contributed by atoms with E-state index in [1.54, 1.807) is 0 Å². The van der Waals surface area contributed by atoms with E-state index in [4.69, 9.17) is 4.74 Å². The van der Waals surface area contributed by atoms with Gasteiger partial charge in [-0.25, -0.2) is 0 Å². The number of hydrogen-bond donors (Lipinski definition) is 1. The lowest BCUT2D eigenvalue weighted by molar-refractivity contribution is -0.132. The van der Waals surface area contributed by atoms with E-state index in [1.165, 1.54) is 5.56 Å². The van der Waals surface area contributed by atoms with Gasteiger partial charge in [-0.05, 0) is 30.3 Å². The maximum atomic E-state index is 12.3. The molecule has 5 nitrogen and oxygen atoms in total. The Labute approximate surface area is 155 Å². The van der Waals surface area contributed by atoms with Crippen LogP contribution in [0, 0.1) is 0 Å². The Morgan fingerprint density at radius 2 is 1.73 bits per heavy atom. The summed E-state index contributed by atoms with van der Waals surface area (Å²) in [6.45, 7) is 5.16. The van der Waals surface area contributed by atoms with Gasteiger partial charge in [-0.1, -0.05) is 42.5 Å². The molecular weight excluding hydrogens is 326 g/mol. The highest BCUT2D eigenvalue weighted by atomic mass is 16.5. The van der Waals surface area contributed by atoms with Gasteiger partial charge in [-0.2, -0.15) is 0 Å². The van der Waals surface area contributed by atoms with Crippen LogP contribution in [0.3, 0.4) is 0 Å². The zero-order valence-electron chi connectivity index (χ0n) is 15.4. The molecule has 5 heteroatoms. The quantitative estimate of drug-likeness (QED) is 0.828. The molecule has 1 N–H and O–H groups in total. The van der Waals surface area contributed by atoms with Crippen LogP contribution in [-0.2, 0) is 17.9 Å². The second-order valence-corrected chi connectivity index (χ2v) is 6.72. The van der Waals surface area contributed by atoms with Gasteiger partial charge in [0.05, 0.1) is 6.54 Å². The lowest BCUT2D eigenvalue weighted by Crippen LogP contribution is -2.49. The second-order valence-electron chi connectivity index (χ2n) is 6.72. The fraction of sp³-hybridized carbons (Fsp3) is 0.381. The van der Waals surface area contributed by atoms with E-state index in [-0.39, 0.29) is 5.91 Å². The maximum Gasteiger partial charge on any atom is 0.236 e. The zero-order valence-corrected chi connectivity index (χ0v) is 15.4. The summed E-state index contributed by atoms with van der Waals surface area (Å²) in [5, 5.41) is 3.27. The summed E-state index contributed by atoms with van der Waals surface area (Å²) in [6, 6.07) is 18.2. The second kappa shape index (κ2) is 9.36. The van der Waals surface area contributed by atoms with E-state index in [0.717, 1.165) is 44.0 Å². The van der Waals surface area contributed by atoms with Crippen molar-refractivity contribution < 1.29 is 9.53 Å². The molecule has 0 bridgehead atoms. The molecule has 1 aliphatic heterocycles. The monoisotopic (exact) mass is 353 g/mol. The third kappa shape index (κ3) is 5.58. The van der Waals surface area contributed by atoms with E-state index in [0.29, 0.717) is 13.2 Å². The first-order valence-electron chi connectivity index (χ1n) is 9.13. The average Bonchev–Trinajstić information content (AvgIpc) is 2.69. The topological polar surface area (TPSA) is 44.8 Å². The van der Waals surface area contributed by atoms with Crippen LogP contribution in [0.4, 0.5) is 0 Å². The summed E-state index contributed by atoms with van der Waals surface area (Å²) in [6.07, 6.45) is 0. The number of benzene rings is 2. The molecule has 0 atom stereocenters. The number of piperazine rings is 1. The molecule has 1 aliphatic rings. The van der Waals surface area contributed by atoms with Gasteiger partial charge in [0.1, 0.15) is 12.4 Å². The SMILES string of the molecule is CN(CC(=O)N1CCNCC1)Cc1ccc(OCc2ccccc2)cc1. The van der Waals surface area contributed by atoms with Crippen molar-refractivity contribution in [2.45, 2.75) is 13.2 Å². The van der Waals surface area contributed by atoms with Crippen molar-refractivity contribution in [3.63, 3.8) is 0 Å². The minimum absolute atomic E-state index is 0.205. The molecule has 1 heterocycles. The molecule has 26 heavy (non-hydrogen) atoms. The number of likely N-dealkylation sites (N-methyl/N-ethyl adjacent to an activating group) is 1. The first-order valence-corrected chi connectivity index (χ1v) is 9.13. The molecule has 0 aromatic heterocycles. The van der Waals surface area contributed by atoms with Crippen LogP contribution in [0.5, 0.6) is 5.75 Å². The highest BCUT2D eigenvalue weighted by Crippen LogP contribution is 2.15. The van der Waals surface area contributed by atoms with Crippen molar-refractivity contribution >= 4 is 5.91 Å². The van der Waals surface area contributed by atoms with Crippen molar-refractivity contribution in [2.24, 2.45) is 0 Å². The largest absolute Gasteiger partial charge is 0.489 e. The number of hydrogen-bond acceptors (Lipinski definition) is 4. The van der Waals surface area contributed by atoms with E-state index in [9.17, 15) is 4.79 Å². The first kappa shape index (κ1) is 18.4. The molecule has 0 unspecified atom stereocenters. The van der Waals surface area contributed by atoms with E-state index < -0.39 is 0 Å².